The van der Waals surface area contributed by atoms with E-state index in [0.717, 1.165) is 11.3 Å². The molecule has 3 nitrogen and oxygen atoms in total. The minimum absolute atomic E-state index is 0.112. The Kier molecular flexibility index (Phi) is 4.58. The number of rotatable bonds is 6. The maximum atomic E-state index is 13.4. The van der Waals surface area contributed by atoms with Crippen LogP contribution in [-0.2, 0) is 0 Å². The Labute approximate surface area is 112 Å². The molecule has 0 bridgehead atoms. The minimum Gasteiger partial charge on any atom is -0.489 e. The number of furan rings is 1. The molecule has 0 radical (unpaired) electrons. The number of hydrogen-bond donors (Lipinski definition) is 1. The molecule has 0 saturated carbocycles. The van der Waals surface area contributed by atoms with Gasteiger partial charge in [-0.15, -0.1) is 0 Å². The highest BCUT2D eigenvalue weighted by molar-refractivity contribution is 5.29. The summed E-state index contributed by atoms with van der Waals surface area (Å²) in [5, 5.41) is 3.25. The third-order valence-electron chi connectivity index (χ3n) is 2.87. The Bertz CT molecular complexity index is 511. The number of hydrogen-bond acceptors (Lipinski definition) is 3. The number of nitrogens with one attached hydrogen (secondary N) is 1. The normalized spacial score (nSPS) is 12.4. The molecular formula is C15H18FNO2. The zero-order valence-electron chi connectivity index (χ0n) is 11.2. The van der Waals surface area contributed by atoms with Crippen molar-refractivity contribution in [2.24, 2.45) is 0 Å². The van der Waals surface area contributed by atoms with Crippen molar-refractivity contribution in [3.05, 3.63) is 53.7 Å². The minimum atomic E-state index is -0.329. The molecule has 4 heteroatoms. The van der Waals surface area contributed by atoms with E-state index in [1.807, 2.05) is 26.0 Å². The standard InChI is InChI=1S/C15H18FNO2/c1-11-5-6-13(16)15(10-11)19-9-7-17-12(2)14-4-3-8-18-14/h3-6,8,10,12,17H,7,9H2,1-2H3. The largest absolute Gasteiger partial charge is 0.489 e. The fraction of sp³-hybridized carbons (Fsp3) is 0.333. The molecular weight excluding hydrogens is 245 g/mol. The topological polar surface area (TPSA) is 34.4 Å². The molecule has 0 fully saturated rings. The van der Waals surface area contributed by atoms with Gasteiger partial charge in [-0.1, -0.05) is 6.07 Å². The van der Waals surface area contributed by atoms with Gasteiger partial charge in [0.05, 0.1) is 12.3 Å². The Hall–Kier alpha value is -1.81. The summed E-state index contributed by atoms with van der Waals surface area (Å²) < 4.78 is 24.1. The first-order chi connectivity index (χ1) is 9.16. The molecule has 102 valence electrons. The molecule has 0 aliphatic heterocycles. The van der Waals surface area contributed by atoms with Gasteiger partial charge in [0.15, 0.2) is 11.6 Å². The SMILES string of the molecule is Cc1ccc(F)c(OCCNC(C)c2ccco2)c1. The van der Waals surface area contributed by atoms with Gasteiger partial charge in [0.1, 0.15) is 12.4 Å². The molecule has 1 unspecified atom stereocenters. The summed E-state index contributed by atoms with van der Waals surface area (Å²) in [6.07, 6.45) is 1.64. The molecule has 0 aliphatic carbocycles. The van der Waals surface area contributed by atoms with E-state index in [0.29, 0.717) is 18.9 Å². The summed E-state index contributed by atoms with van der Waals surface area (Å²) in [6, 6.07) is 8.72. The van der Waals surface area contributed by atoms with E-state index in [4.69, 9.17) is 9.15 Å². The van der Waals surface area contributed by atoms with Crippen molar-refractivity contribution in [1.82, 2.24) is 5.32 Å². The van der Waals surface area contributed by atoms with E-state index in [9.17, 15) is 4.39 Å². The predicted octanol–water partition coefficient (Wildman–Crippen LogP) is 3.46. The highest BCUT2D eigenvalue weighted by Crippen LogP contribution is 2.18. The first-order valence-corrected chi connectivity index (χ1v) is 6.32. The molecule has 1 heterocycles. The van der Waals surface area contributed by atoms with Crippen molar-refractivity contribution in [2.75, 3.05) is 13.2 Å². The highest BCUT2D eigenvalue weighted by atomic mass is 19.1. The zero-order chi connectivity index (χ0) is 13.7. The number of aryl methyl sites for hydroxylation is 1. The van der Waals surface area contributed by atoms with E-state index < -0.39 is 0 Å². The molecule has 0 aliphatic rings. The lowest BCUT2D eigenvalue weighted by Crippen LogP contribution is -2.24. The van der Waals surface area contributed by atoms with Crippen LogP contribution >= 0.6 is 0 Å². The average molecular weight is 263 g/mol. The molecule has 1 atom stereocenters. The van der Waals surface area contributed by atoms with Gasteiger partial charge in [-0.2, -0.15) is 0 Å². The third kappa shape index (κ3) is 3.83. The van der Waals surface area contributed by atoms with Crippen molar-refractivity contribution < 1.29 is 13.5 Å². The third-order valence-corrected chi connectivity index (χ3v) is 2.87. The van der Waals surface area contributed by atoms with Gasteiger partial charge in [-0.3, -0.25) is 0 Å². The lowest BCUT2D eigenvalue weighted by atomic mass is 10.2. The summed E-state index contributed by atoms with van der Waals surface area (Å²) in [6.45, 7) is 4.94. The lowest BCUT2D eigenvalue weighted by molar-refractivity contribution is 0.288. The number of benzene rings is 1. The van der Waals surface area contributed by atoms with Gasteiger partial charge in [-0.05, 0) is 43.7 Å². The number of halogens is 1. The fourth-order valence-electron chi connectivity index (χ4n) is 1.80. The van der Waals surface area contributed by atoms with Gasteiger partial charge in [0.2, 0.25) is 0 Å². The van der Waals surface area contributed by atoms with Crippen molar-refractivity contribution in [1.29, 1.82) is 0 Å². The van der Waals surface area contributed by atoms with Gasteiger partial charge in [0.25, 0.3) is 0 Å². The zero-order valence-corrected chi connectivity index (χ0v) is 11.2. The quantitative estimate of drug-likeness (QED) is 0.810. The summed E-state index contributed by atoms with van der Waals surface area (Å²) in [7, 11) is 0. The van der Waals surface area contributed by atoms with Gasteiger partial charge < -0.3 is 14.5 Å². The second-order valence-electron chi connectivity index (χ2n) is 4.47. The maximum Gasteiger partial charge on any atom is 0.165 e. The van der Waals surface area contributed by atoms with Crippen molar-refractivity contribution in [2.45, 2.75) is 19.9 Å². The summed E-state index contributed by atoms with van der Waals surface area (Å²) in [5.74, 6) is 0.846. The smallest absolute Gasteiger partial charge is 0.165 e. The molecule has 0 spiro atoms. The van der Waals surface area contributed by atoms with Crippen molar-refractivity contribution in [3.8, 4) is 5.75 Å². The van der Waals surface area contributed by atoms with Crippen LogP contribution < -0.4 is 10.1 Å². The van der Waals surface area contributed by atoms with Gasteiger partial charge >= 0.3 is 0 Å². The van der Waals surface area contributed by atoms with E-state index in [1.54, 1.807) is 18.4 Å². The van der Waals surface area contributed by atoms with Crippen LogP contribution in [0.25, 0.3) is 0 Å². The first-order valence-electron chi connectivity index (χ1n) is 6.32. The number of ether oxygens (including phenoxy) is 1. The van der Waals surface area contributed by atoms with Crippen molar-refractivity contribution in [3.63, 3.8) is 0 Å². The van der Waals surface area contributed by atoms with E-state index in [-0.39, 0.29) is 11.9 Å². The average Bonchev–Trinajstić information content (AvgIpc) is 2.92. The first kappa shape index (κ1) is 13.6. The highest BCUT2D eigenvalue weighted by Gasteiger charge is 2.07. The van der Waals surface area contributed by atoms with E-state index in [1.165, 1.54) is 6.07 Å². The molecule has 1 aromatic heterocycles. The Morgan fingerprint density at radius 1 is 1.37 bits per heavy atom. The van der Waals surface area contributed by atoms with Crippen molar-refractivity contribution >= 4 is 0 Å². The summed E-state index contributed by atoms with van der Waals surface area (Å²) >= 11 is 0. The van der Waals surface area contributed by atoms with Crippen LogP contribution in [-0.4, -0.2) is 13.2 Å². The molecule has 0 amide bonds. The van der Waals surface area contributed by atoms with Crippen LogP contribution in [0.15, 0.2) is 41.0 Å². The predicted molar refractivity (Wildman–Crippen MR) is 71.8 cm³/mol. The lowest BCUT2D eigenvalue weighted by Gasteiger charge is -2.12. The second-order valence-corrected chi connectivity index (χ2v) is 4.47. The Morgan fingerprint density at radius 3 is 2.95 bits per heavy atom. The summed E-state index contributed by atoms with van der Waals surface area (Å²) in [4.78, 5) is 0. The molecule has 1 N–H and O–H groups in total. The summed E-state index contributed by atoms with van der Waals surface area (Å²) in [5.41, 5.74) is 0.980. The molecule has 1 aromatic carbocycles. The van der Waals surface area contributed by atoms with Crippen LogP contribution in [0, 0.1) is 12.7 Å². The Morgan fingerprint density at radius 2 is 2.21 bits per heavy atom. The van der Waals surface area contributed by atoms with Gasteiger partial charge in [0, 0.05) is 6.54 Å². The van der Waals surface area contributed by atoms with Crippen LogP contribution in [0.2, 0.25) is 0 Å². The monoisotopic (exact) mass is 263 g/mol. The van der Waals surface area contributed by atoms with E-state index in [2.05, 4.69) is 5.32 Å². The van der Waals surface area contributed by atoms with Crippen LogP contribution in [0.4, 0.5) is 4.39 Å². The molecule has 19 heavy (non-hydrogen) atoms. The van der Waals surface area contributed by atoms with Crippen LogP contribution in [0.3, 0.4) is 0 Å². The molecule has 2 aromatic rings. The molecule has 0 saturated heterocycles. The maximum absolute atomic E-state index is 13.4. The Balaban J connectivity index is 1.76. The molecule has 2 rings (SSSR count). The van der Waals surface area contributed by atoms with E-state index >= 15 is 0 Å². The second kappa shape index (κ2) is 6.38. The fourth-order valence-corrected chi connectivity index (χ4v) is 1.80. The van der Waals surface area contributed by atoms with Gasteiger partial charge in [-0.25, -0.2) is 4.39 Å². The van der Waals surface area contributed by atoms with Crippen LogP contribution in [0.1, 0.15) is 24.3 Å². The van der Waals surface area contributed by atoms with Crippen LogP contribution in [0.5, 0.6) is 5.75 Å².